The minimum absolute atomic E-state index is 0.556. The van der Waals surface area contributed by atoms with E-state index in [2.05, 4.69) is 224 Å². The van der Waals surface area contributed by atoms with Crippen LogP contribution in [0.3, 0.4) is 0 Å². The van der Waals surface area contributed by atoms with E-state index in [9.17, 15) is 0 Å². The number of ether oxygens (including phenoxy) is 2. The molecule has 0 saturated carbocycles. The van der Waals surface area contributed by atoms with Gasteiger partial charge in [-0.25, -0.2) is 9.97 Å². The van der Waals surface area contributed by atoms with E-state index in [0.717, 1.165) is 61.6 Å². The van der Waals surface area contributed by atoms with Gasteiger partial charge in [0, 0.05) is 27.8 Å². The molecule has 0 N–H and O–H groups in total. The summed E-state index contributed by atoms with van der Waals surface area (Å²) in [4.78, 5) is 10.5. The Balaban J connectivity index is 0.871. The molecule has 69 heavy (non-hydrogen) atoms. The third kappa shape index (κ3) is 6.02. The van der Waals surface area contributed by atoms with Crippen molar-refractivity contribution in [1.82, 2.24) is 9.97 Å². The predicted molar refractivity (Wildman–Crippen MR) is 280 cm³/mol. The molecule has 11 aromatic carbocycles. The highest BCUT2D eigenvalue weighted by Crippen LogP contribution is 2.63. The summed E-state index contributed by atoms with van der Waals surface area (Å²) in [7, 11) is 0. The first-order valence-electron chi connectivity index (χ1n) is 23.5. The first-order valence-corrected chi connectivity index (χ1v) is 23.5. The summed E-state index contributed by atoms with van der Waals surface area (Å²) in [5, 5.41) is 7.40. The molecule has 12 aromatic rings. The lowest BCUT2D eigenvalue weighted by atomic mass is 9.68. The molecule has 1 aliphatic carbocycles. The highest BCUT2D eigenvalue weighted by Gasteiger charge is 2.48. The van der Waals surface area contributed by atoms with E-state index >= 15 is 0 Å². The normalized spacial score (nSPS) is 13.0. The van der Waals surface area contributed by atoms with Crippen molar-refractivity contribution in [2.24, 2.45) is 0 Å². The van der Waals surface area contributed by atoms with E-state index in [1.165, 1.54) is 49.0 Å². The standard InChI is InChI=1S/C65H40N2O2/c1-4-17-42(18-5-1)57-40-58(44-35-36-52-50-25-11-10-23-48(50)49-24-12-13-26-51(49)54(52)39-44)67-64(66-57)43-33-31-41(32-34-43)47-28-16-30-59-62(47)69-63-60(68-59)38-37-56-61(63)53-27-14-15-29-55(53)65(56,45-19-6-2-7-20-45)46-21-8-3-9-22-46/h1-40H. The van der Waals surface area contributed by atoms with Gasteiger partial charge in [-0.2, -0.15) is 0 Å². The van der Waals surface area contributed by atoms with Crippen molar-refractivity contribution in [2.75, 3.05) is 0 Å². The molecule has 0 amide bonds. The van der Waals surface area contributed by atoms with Crippen molar-refractivity contribution in [3.63, 3.8) is 0 Å². The number of para-hydroxylation sites is 1. The van der Waals surface area contributed by atoms with Crippen molar-refractivity contribution in [2.45, 2.75) is 5.41 Å². The van der Waals surface area contributed by atoms with Crippen LogP contribution >= 0.6 is 0 Å². The van der Waals surface area contributed by atoms with Gasteiger partial charge in [0.05, 0.1) is 16.8 Å². The lowest BCUT2D eigenvalue weighted by Crippen LogP contribution is -2.28. The lowest BCUT2D eigenvalue weighted by Gasteiger charge is -2.34. The van der Waals surface area contributed by atoms with Gasteiger partial charge < -0.3 is 9.47 Å². The number of hydrogen-bond acceptors (Lipinski definition) is 4. The van der Waals surface area contributed by atoms with Gasteiger partial charge in [-0.3, -0.25) is 0 Å². The molecule has 4 nitrogen and oxygen atoms in total. The van der Waals surface area contributed by atoms with Gasteiger partial charge in [-0.05, 0) is 90.0 Å². The van der Waals surface area contributed by atoms with Gasteiger partial charge >= 0.3 is 0 Å². The molecule has 0 bridgehead atoms. The van der Waals surface area contributed by atoms with E-state index in [1.807, 2.05) is 18.2 Å². The van der Waals surface area contributed by atoms with Gasteiger partial charge in [0.25, 0.3) is 0 Å². The maximum Gasteiger partial charge on any atom is 0.178 e. The largest absolute Gasteiger partial charge is 0.449 e. The van der Waals surface area contributed by atoms with Crippen molar-refractivity contribution in [1.29, 1.82) is 0 Å². The highest BCUT2D eigenvalue weighted by atomic mass is 16.6. The van der Waals surface area contributed by atoms with Crippen LogP contribution in [0, 0.1) is 0 Å². The molecular weight excluding hydrogens is 841 g/mol. The van der Waals surface area contributed by atoms with Crippen LogP contribution in [0.25, 0.3) is 88.5 Å². The molecule has 1 aliphatic heterocycles. The van der Waals surface area contributed by atoms with Crippen LogP contribution in [-0.4, -0.2) is 9.97 Å². The van der Waals surface area contributed by atoms with Crippen LogP contribution in [0.15, 0.2) is 243 Å². The third-order valence-corrected chi connectivity index (χ3v) is 14.2. The molecular formula is C65H40N2O2. The molecule has 1 aromatic heterocycles. The Bertz CT molecular complexity index is 3920. The molecule has 0 spiro atoms. The summed E-state index contributed by atoms with van der Waals surface area (Å²) in [6.07, 6.45) is 0. The molecule has 4 heteroatoms. The van der Waals surface area contributed by atoms with Gasteiger partial charge in [-0.15, -0.1) is 0 Å². The fourth-order valence-electron chi connectivity index (χ4n) is 11.2. The summed E-state index contributed by atoms with van der Waals surface area (Å²) >= 11 is 0. The molecule has 0 fully saturated rings. The minimum atomic E-state index is -0.556. The Labute approximate surface area is 399 Å². The summed E-state index contributed by atoms with van der Waals surface area (Å²) in [6, 6.07) is 85.9. The zero-order valence-electron chi connectivity index (χ0n) is 37.3. The first kappa shape index (κ1) is 39.1. The molecule has 0 atom stereocenters. The number of rotatable bonds is 6. The fraction of sp³-hybridized carbons (Fsp3) is 0.0154. The number of nitrogens with zero attached hydrogens (tertiary/aromatic N) is 2. The Hall–Kier alpha value is -9.12. The number of fused-ring (bicyclic) bond motifs is 12. The Morgan fingerprint density at radius 3 is 1.51 bits per heavy atom. The first-order chi connectivity index (χ1) is 34.2. The van der Waals surface area contributed by atoms with Crippen LogP contribution < -0.4 is 9.47 Å². The van der Waals surface area contributed by atoms with Gasteiger partial charge in [0.15, 0.2) is 28.8 Å². The summed E-state index contributed by atoms with van der Waals surface area (Å²) in [5.41, 5.74) is 13.0. The smallest absolute Gasteiger partial charge is 0.178 e. The van der Waals surface area contributed by atoms with Gasteiger partial charge in [0.1, 0.15) is 0 Å². The monoisotopic (exact) mass is 880 g/mol. The summed E-state index contributed by atoms with van der Waals surface area (Å²) < 4.78 is 14.0. The van der Waals surface area contributed by atoms with Crippen LogP contribution in [-0.2, 0) is 5.41 Å². The number of benzene rings is 11. The van der Waals surface area contributed by atoms with Crippen molar-refractivity contribution in [3.8, 4) is 79.2 Å². The Morgan fingerprint density at radius 2 is 0.826 bits per heavy atom. The predicted octanol–water partition coefficient (Wildman–Crippen LogP) is 16.9. The molecule has 0 unspecified atom stereocenters. The maximum absolute atomic E-state index is 7.20. The Morgan fingerprint density at radius 1 is 0.304 bits per heavy atom. The lowest BCUT2D eigenvalue weighted by molar-refractivity contribution is 0.361. The fourth-order valence-corrected chi connectivity index (χ4v) is 11.2. The molecule has 2 aliphatic rings. The summed E-state index contributed by atoms with van der Waals surface area (Å²) in [6.45, 7) is 0. The molecule has 322 valence electrons. The van der Waals surface area contributed by atoms with Crippen LogP contribution in [0.2, 0.25) is 0 Å². The van der Waals surface area contributed by atoms with Crippen LogP contribution in [0.1, 0.15) is 22.3 Å². The van der Waals surface area contributed by atoms with Crippen molar-refractivity contribution < 1.29 is 9.47 Å². The number of aromatic nitrogens is 2. The Kier molecular flexibility index (Phi) is 8.77. The van der Waals surface area contributed by atoms with E-state index in [-0.39, 0.29) is 0 Å². The average Bonchev–Trinajstić information content (AvgIpc) is 3.74. The second-order valence-electron chi connectivity index (χ2n) is 17.9. The molecule has 2 heterocycles. The van der Waals surface area contributed by atoms with E-state index in [0.29, 0.717) is 23.1 Å². The molecule has 14 rings (SSSR count). The average molecular weight is 881 g/mol. The van der Waals surface area contributed by atoms with Gasteiger partial charge in [0.2, 0.25) is 0 Å². The van der Waals surface area contributed by atoms with E-state index < -0.39 is 5.41 Å². The highest BCUT2D eigenvalue weighted by molar-refractivity contribution is 6.25. The van der Waals surface area contributed by atoms with E-state index in [4.69, 9.17) is 19.4 Å². The van der Waals surface area contributed by atoms with Crippen LogP contribution in [0.4, 0.5) is 0 Å². The number of hydrogen-bond donors (Lipinski definition) is 0. The zero-order chi connectivity index (χ0) is 45.5. The molecule has 0 saturated heterocycles. The minimum Gasteiger partial charge on any atom is -0.449 e. The van der Waals surface area contributed by atoms with Crippen LogP contribution in [0.5, 0.6) is 23.0 Å². The topological polar surface area (TPSA) is 44.2 Å². The second kappa shape index (κ2) is 15.5. The third-order valence-electron chi connectivity index (χ3n) is 14.2. The maximum atomic E-state index is 7.20. The van der Waals surface area contributed by atoms with Crippen molar-refractivity contribution >= 4 is 32.3 Å². The molecule has 0 radical (unpaired) electrons. The SMILES string of the molecule is c1ccc(-c2cc(-c3ccc4c5ccccc5c5ccccc5c4c3)nc(-c3ccc(-c4cccc5c4Oc4c(ccc6c4-c4ccccc4C6(c4ccccc4)c4ccccc4)O5)cc3)n2)cc1. The van der Waals surface area contributed by atoms with E-state index in [1.54, 1.807) is 0 Å². The second-order valence-corrected chi connectivity index (χ2v) is 17.9. The zero-order valence-corrected chi connectivity index (χ0v) is 37.3. The summed E-state index contributed by atoms with van der Waals surface area (Å²) in [5.74, 6) is 3.42. The van der Waals surface area contributed by atoms with Crippen molar-refractivity contribution in [3.05, 3.63) is 265 Å². The quantitative estimate of drug-likeness (QED) is 0.156. The van der Waals surface area contributed by atoms with Gasteiger partial charge in [-0.1, -0.05) is 218 Å².